The highest BCUT2D eigenvalue weighted by atomic mass is 19.1. The monoisotopic (exact) mass is 461 g/mol. The van der Waals surface area contributed by atoms with Gasteiger partial charge < -0.3 is 14.4 Å². The van der Waals surface area contributed by atoms with Crippen molar-refractivity contribution in [3.05, 3.63) is 76.1 Å². The number of esters is 1. The lowest BCUT2D eigenvalue weighted by atomic mass is 9.93. The van der Waals surface area contributed by atoms with Gasteiger partial charge in [-0.15, -0.1) is 0 Å². The zero-order valence-corrected chi connectivity index (χ0v) is 19.9. The number of hydrogen-bond donors (Lipinski definition) is 0. The van der Waals surface area contributed by atoms with E-state index < -0.39 is 11.8 Å². The van der Waals surface area contributed by atoms with Gasteiger partial charge in [0.05, 0.1) is 37.4 Å². The summed E-state index contributed by atoms with van der Waals surface area (Å²) in [6.07, 6.45) is 1.97. The molecule has 0 saturated carbocycles. The molecule has 0 spiro atoms. The molecule has 1 aliphatic heterocycles. The summed E-state index contributed by atoms with van der Waals surface area (Å²) in [5, 5.41) is 1.85. The Morgan fingerprint density at radius 1 is 1.09 bits per heavy atom. The Morgan fingerprint density at radius 3 is 2.47 bits per heavy atom. The van der Waals surface area contributed by atoms with Gasteiger partial charge in [-0.05, 0) is 56.3 Å². The van der Waals surface area contributed by atoms with Crippen LogP contribution in [0.4, 0.5) is 10.1 Å². The molecule has 0 unspecified atom stereocenters. The Bertz CT molecular complexity index is 1310. The van der Waals surface area contributed by atoms with E-state index in [-0.39, 0.29) is 31.2 Å². The van der Waals surface area contributed by atoms with E-state index in [4.69, 9.17) is 9.47 Å². The van der Waals surface area contributed by atoms with Gasteiger partial charge in [0.1, 0.15) is 11.6 Å². The largest absolute Gasteiger partial charge is 0.493 e. The second kappa shape index (κ2) is 9.67. The first-order chi connectivity index (χ1) is 16.3. The maximum Gasteiger partial charge on any atom is 0.310 e. The van der Waals surface area contributed by atoms with Crippen LogP contribution in [0.25, 0.3) is 16.8 Å². The molecule has 1 aliphatic rings. The highest BCUT2D eigenvalue weighted by Gasteiger charge is 2.36. The third-order valence-corrected chi connectivity index (χ3v) is 5.76. The summed E-state index contributed by atoms with van der Waals surface area (Å²) in [4.78, 5) is 26.9. The van der Waals surface area contributed by atoms with Crippen molar-refractivity contribution in [3.8, 4) is 5.75 Å². The number of nitrogens with zero attached hydrogens (tertiary/aromatic N) is 1. The number of halogens is 1. The Balaban J connectivity index is 1.82. The van der Waals surface area contributed by atoms with E-state index in [1.54, 1.807) is 19.1 Å². The minimum Gasteiger partial charge on any atom is -0.493 e. The highest BCUT2D eigenvalue weighted by molar-refractivity contribution is 6.17. The Morgan fingerprint density at radius 2 is 1.82 bits per heavy atom. The van der Waals surface area contributed by atoms with E-state index in [1.165, 1.54) is 11.0 Å². The first-order valence-corrected chi connectivity index (χ1v) is 11.5. The van der Waals surface area contributed by atoms with Crippen LogP contribution in [-0.4, -0.2) is 25.1 Å². The molecule has 4 rings (SSSR count). The molecule has 0 aliphatic carbocycles. The summed E-state index contributed by atoms with van der Waals surface area (Å²) in [6, 6.07) is 12.3. The van der Waals surface area contributed by atoms with Crippen LogP contribution < -0.4 is 9.64 Å². The summed E-state index contributed by atoms with van der Waals surface area (Å²) in [6.45, 7) is 8.51. The van der Waals surface area contributed by atoms with E-state index in [1.807, 2.05) is 51.1 Å². The lowest BCUT2D eigenvalue weighted by molar-refractivity contribution is -0.142. The second-order valence-electron chi connectivity index (χ2n) is 8.46. The van der Waals surface area contributed by atoms with Crippen LogP contribution in [0.2, 0.25) is 0 Å². The van der Waals surface area contributed by atoms with Crippen LogP contribution in [0.5, 0.6) is 5.75 Å². The van der Waals surface area contributed by atoms with Crippen molar-refractivity contribution < 1.29 is 23.5 Å². The van der Waals surface area contributed by atoms with Gasteiger partial charge >= 0.3 is 5.97 Å². The van der Waals surface area contributed by atoms with Crippen LogP contribution in [-0.2, 0) is 22.5 Å². The summed E-state index contributed by atoms with van der Waals surface area (Å²) in [5.74, 6) is -0.589. The maximum absolute atomic E-state index is 15.2. The van der Waals surface area contributed by atoms with Gasteiger partial charge in [-0.1, -0.05) is 42.0 Å². The number of hydrogen-bond acceptors (Lipinski definition) is 4. The van der Waals surface area contributed by atoms with Crippen molar-refractivity contribution >= 4 is 34.4 Å². The molecule has 176 valence electrons. The normalized spacial score (nSPS) is 12.6. The van der Waals surface area contributed by atoms with Gasteiger partial charge in [0.15, 0.2) is 0 Å². The number of benzene rings is 3. The Kier molecular flexibility index (Phi) is 6.68. The molecule has 0 atom stereocenters. The summed E-state index contributed by atoms with van der Waals surface area (Å²) in [7, 11) is 0. The van der Waals surface area contributed by atoms with Crippen molar-refractivity contribution in [2.24, 2.45) is 0 Å². The quantitative estimate of drug-likeness (QED) is 0.401. The molecule has 1 heterocycles. The molecular formula is C28H28FNO4. The van der Waals surface area contributed by atoms with E-state index in [0.29, 0.717) is 23.5 Å². The molecule has 5 nitrogen and oxygen atoms in total. The predicted octanol–water partition coefficient (Wildman–Crippen LogP) is 6.07. The molecule has 0 N–H and O–H groups in total. The van der Waals surface area contributed by atoms with Gasteiger partial charge in [0, 0.05) is 10.9 Å². The molecule has 0 radical (unpaired) electrons. The van der Waals surface area contributed by atoms with E-state index >= 15 is 4.39 Å². The molecule has 6 heteroatoms. The van der Waals surface area contributed by atoms with Crippen molar-refractivity contribution in [1.29, 1.82) is 0 Å². The minimum atomic E-state index is -0.561. The van der Waals surface area contributed by atoms with Crippen molar-refractivity contribution in [2.75, 3.05) is 18.1 Å². The summed E-state index contributed by atoms with van der Waals surface area (Å²) < 4.78 is 26.2. The third kappa shape index (κ3) is 4.28. The van der Waals surface area contributed by atoms with E-state index in [0.717, 1.165) is 27.5 Å². The number of carbonyl (C=O) groups excluding carboxylic acids is 2. The lowest BCUT2D eigenvalue weighted by Gasteiger charge is -2.17. The van der Waals surface area contributed by atoms with Gasteiger partial charge in [-0.2, -0.15) is 0 Å². The van der Waals surface area contributed by atoms with Crippen molar-refractivity contribution in [1.82, 2.24) is 0 Å². The molecule has 0 saturated heterocycles. The molecule has 0 aromatic heterocycles. The number of allylic oxidation sites excluding steroid dienone is 1. The number of carbonyl (C=O) groups is 2. The first kappa shape index (κ1) is 23.5. The molecule has 0 fully saturated rings. The molecular weight excluding hydrogens is 433 g/mol. The van der Waals surface area contributed by atoms with Crippen LogP contribution >= 0.6 is 0 Å². The Labute approximate surface area is 198 Å². The number of fused-ring (bicyclic) bond motifs is 2. The van der Waals surface area contributed by atoms with E-state index in [9.17, 15) is 9.59 Å². The molecule has 3 aromatic rings. The van der Waals surface area contributed by atoms with Crippen molar-refractivity contribution in [2.45, 2.75) is 40.7 Å². The van der Waals surface area contributed by atoms with Gasteiger partial charge in [0.25, 0.3) is 5.91 Å². The number of rotatable bonds is 7. The SMILES string of the molecule is CCOC(=O)Cc1ccc(N2Cc3c(c(C=C(C)C)c4ccccc4c3OCC)C2=O)c(F)c1. The van der Waals surface area contributed by atoms with Gasteiger partial charge in [0.2, 0.25) is 0 Å². The standard InChI is InChI=1S/C28H28FNO4/c1-5-33-25(31)15-18-11-12-24(23(29)14-18)30-16-22-26(28(30)32)21(13-17(3)4)19-9-7-8-10-20(19)27(22)34-6-2/h7-14H,5-6,15-16H2,1-4H3. The minimum absolute atomic E-state index is 0.0240. The predicted molar refractivity (Wildman–Crippen MR) is 132 cm³/mol. The van der Waals surface area contributed by atoms with E-state index in [2.05, 4.69) is 0 Å². The number of amides is 1. The fraction of sp³-hybridized carbons (Fsp3) is 0.286. The average molecular weight is 462 g/mol. The number of anilines is 1. The van der Waals surface area contributed by atoms with Gasteiger partial charge in [-0.3, -0.25) is 9.59 Å². The van der Waals surface area contributed by atoms with Crippen LogP contribution in [0.1, 0.15) is 54.7 Å². The zero-order chi connectivity index (χ0) is 24.4. The molecule has 34 heavy (non-hydrogen) atoms. The first-order valence-electron chi connectivity index (χ1n) is 11.5. The molecule has 3 aromatic carbocycles. The molecule has 1 amide bonds. The second-order valence-corrected chi connectivity index (χ2v) is 8.46. The third-order valence-electron chi connectivity index (χ3n) is 5.76. The van der Waals surface area contributed by atoms with Crippen molar-refractivity contribution in [3.63, 3.8) is 0 Å². The number of ether oxygens (including phenoxy) is 2. The summed E-state index contributed by atoms with van der Waals surface area (Å²) >= 11 is 0. The highest BCUT2D eigenvalue weighted by Crippen LogP contribution is 2.43. The van der Waals surface area contributed by atoms with Crippen LogP contribution in [0, 0.1) is 5.82 Å². The Hall–Kier alpha value is -3.67. The fourth-order valence-corrected chi connectivity index (χ4v) is 4.45. The maximum atomic E-state index is 15.2. The van der Waals surface area contributed by atoms with Crippen LogP contribution in [0.3, 0.4) is 0 Å². The lowest BCUT2D eigenvalue weighted by Crippen LogP contribution is -2.24. The van der Waals surface area contributed by atoms with Crippen LogP contribution in [0.15, 0.2) is 48.0 Å². The fourth-order valence-electron chi connectivity index (χ4n) is 4.45. The average Bonchev–Trinajstić information content (AvgIpc) is 3.13. The van der Waals surface area contributed by atoms with Gasteiger partial charge in [-0.25, -0.2) is 4.39 Å². The topological polar surface area (TPSA) is 55.8 Å². The molecule has 0 bridgehead atoms. The zero-order valence-electron chi connectivity index (χ0n) is 19.9. The summed E-state index contributed by atoms with van der Waals surface area (Å²) in [5.41, 5.74) is 3.84. The smallest absolute Gasteiger partial charge is 0.310 e.